The number of benzene rings is 1. The van der Waals surface area contributed by atoms with Gasteiger partial charge in [-0.3, -0.25) is 0 Å². The van der Waals surface area contributed by atoms with E-state index in [1.54, 1.807) is 0 Å². The lowest BCUT2D eigenvalue weighted by Crippen LogP contribution is -2.24. The van der Waals surface area contributed by atoms with Gasteiger partial charge in [-0.05, 0) is 61.4 Å². The smallest absolute Gasteiger partial charge is 0.0494 e. The fourth-order valence-corrected chi connectivity index (χ4v) is 2.71. The second kappa shape index (κ2) is 7.21. The molecule has 3 heteroatoms. The summed E-state index contributed by atoms with van der Waals surface area (Å²) in [4.78, 5) is 0. The largest absolute Gasteiger partial charge is 0.381 e. The van der Waals surface area contributed by atoms with Gasteiger partial charge in [-0.2, -0.15) is 0 Å². The summed E-state index contributed by atoms with van der Waals surface area (Å²) in [6, 6.07) is 6.91. The van der Waals surface area contributed by atoms with Crippen LogP contribution in [0.5, 0.6) is 0 Å². The van der Waals surface area contributed by atoms with Gasteiger partial charge >= 0.3 is 0 Å². The van der Waals surface area contributed by atoms with Crippen molar-refractivity contribution in [1.82, 2.24) is 10.6 Å². The molecule has 0 radical (unpaired) electrons. The van der Waals surface area contributed by atoms with Gasteiger partial charge in [-0.15, -0.1) is 0 Å². The van der Waals surface area contributed by atoms with Crippen LogP contribution in [0.3, 0.4) is 0 Å². The van der Waals surface area contributed by atoms with E-state index in [-0.39, 0.29) is 0 Å². The highest BCUT2D eigenvalue weighted by Gasteiger charge is 2.20. The minimum Gasteiger partial charge on any atom is -0.381 e. The second-order valence-corrected chi connectivity index (χ2v) is 6.08. The normalized spacial score (nSPS) is 18.0. The Balaban J connectivity index is 1.31. The number of fused-ring (bicyclic) bond motifs is 1. The van der Waals surface area contributed by atoms with Crippen LogP contribution < -0.4 is 10.6 Å². The van der Waals surface area contributed by atoms with Crippen molar-refractivity contribution in [2.75, 3.05) is 26.3 Å². The maximum absolute atomic E-state index is 5.64. The molecule has 1 aliphatic heterocycles. The molecule has 0 aromatic heterocycles. The second-order valence-electron chi connectivity index (χ2n) is 6.08. The molecule has 1 fully saturated rings. The van der Waals surface area contributed by atoms with Crippen molar-refractivity contribution in [3.05, 3.63) is 34.9 Å². The Bertz CT molecular complexity index is 429. The first kappa shape index (κ1) is 14.1. The van der Waals surface area contributed by atoms with Crippen molar-refractivity contribution >= 4 is 0 Å². The summed E-state index contributed by atoms with van der Waals surface area (Å²) in [7, 11) is 0. The highest BCUT2D eigenvalue weighted by molar-refractivity contribution is 5.33. The molecule has 110 valence electrons. The van der Waals surface area contributed by atoms with Gasteiger partial charge in [-0.25, -0.2) is 0 Å². The summed E-state index contributed by atoms with van der Waals surface area (Å²) in [5.41, 5.74) is 4.38. The van der Waals surface area contributed by atoms with Crippen LogP contribution in [-0.2, 0) is 24.2 Å². The molecule has 2 N–H and O–H groups in total. The van der Waals surface area contributed by atoms with Crippen molar-refractivity contribution in [1.29, 1.82) is 0 Å². The third-order valence-corrected chi connectivity index (χ3v) is 4.18. The maximum atomic E-state index is 5.64. The van der Waals surface area contributed by atoms with Gasteiger partial charge in [0.15, 0.2) is 0 Å². The number of hydrogen-bond donors (Lipinski definition) is 2. The van der Waals surface area contributed by atoms with Gasteiger partial charge in [0.05, 0.1) is 0 Å². The van der Waals surface area contributed by atoms with E-state index in [0.29, 0.717) is 0 Å². The van der Waals surface area contributed by atoms with Crippen LogP contribution >= 0.6 is 0 Å². The van der Waals surface area contributed by atoms with Gasteiger partial charge in [0.25, 0.3) is 0 Å². The summed E-state index contributed by atoms with van der Waals surface area (Å²) in [6.45, 7) is 6.04. The van der Waals surface area contributed by atoms with Crippen LogP contribution in [-0.4, -0.2) is 26.3 Å². The van der Waals surface area contributed by atoms with Crippen LogP contribution in [0.4, 0.5) is 0 Å². The van der Waals surface area contributed by atoms with Crippen LogP contribution in [0.1, 0.15) is 36.0 Å². The average molecular weight is 274 g/mol. The molecule has 0 atom stereocenters. The summed E-state index contributed by atoms with van der Waals surface area (Å²) in [6.07, 6.45) is 5.04. The molecule has 3 nitrogen and oxygen atoms in total. The van der Waals surface area contributed by atoms with E-state index in [1.807, 2.05) is 0 Å². The molecule has 1 aromatic rings. The highest BCUT2D eigenvalue weighted by Crippen LogP contribution is 2.28. The first-order valence-corrected chi connectivity index (χ1v) is 8.02. The van der Waals surface area contributed by atoms with Gasteiger partial charge < -0.3 is 15.4 Å². The van der Waals surface area contributed by atoms with E-state index >= 15 is 0 Å². The van der Waals surface area contributed by atoms with Crippen molar-refractivity contribution in [2.45, 2.75) is 38.8 Å². The molecule has 20 heavy (non-hydrogen) atoms. The minimum absolute atomic E-state index is 0.882. The summed E-state index contributed by atoms with van der Waals surface area (Å²) < 4.78 is 5.64. The lowest BCUT2D eigenvalue weighted by molar-refractivity contribution is 0.122. The quantitative estimate of drug-likeness (QED) is 0.713. The van der Waals surface area contributed by atoms with Gasteiger partial charge in [0, 0.05) is 26.3 Å². The molecule has 0 amide bonds. The molecule has 0 spiro atoms. The van der Waals surface area contributed by atoms with Crippen molar-refractivity contribution < 1.29 is 4.74 Å². The van der Waals surface area contributed by atoms with Gasteiger partial charge in [0.2, 0.25) is 0 Å². The first-order chi connectivity index (χ1) is 9.92. The van der Waals surface area contributed by atoms with Crippen LogP contribution in [0, 0.1) is 5.92 Å². The predicted octanol–water partition coefficient (Wildman–Crippen LogP) is 2.24. The zero-order valence-electron chi connectivity index (χ0n) is 12.3. The molecule has 0 unspecified atom stereocenters. The predicted molar refractivity (Wildman–Crippen MR) is 81.7 cm³/mol. The van der Waals surface area contributed by atoms with E-state index in [4.69, 9.17) is 4.74 Å². The fraction of sp³-hybridized carbons (Fsp3) is 0.647. The zero-order valence-corrected chi connectivity index (χ0v) is 12.3. The van der Waals surface area contributed by atoms with Gasteiger partial charge in [-0.1, -0.05) is 18.2 Å². The topological polar surface area (TPSA) is 33.3 Å². The molecule has 0 saturated heterocycles. The number of ether oxygens (including phenoxy) is 1. The molecular weight excluding hydrogens is 248 g/mol. The third-order valence-electron chi connectivity index (χ3n) is 4.18. The lowest BCUT2D eigenvalue weighted by Gasteiger charge is -2.18. The van der Waals surface area contributed by atoms with Crippen LogP contribution in [0.25, 0.3) is 0 Å². The van der Waals surface area contributed by atoms with E-state index in [0.717, 1.165) is 51.7 Å². The number of nitrogens with one attached hydrogen (secondary N) is 2. The van der Waals surface area contributed by atoms with E-state index < -0.39 is 0 Å². The highest BCUT2D eigenvalue weighted by atomic mass is 16.5. The standard InChI is InChI=1S/C17H26N2O/c1(9-20-13-14-2-3-14)7-18-11-15-4-5-16-6-8-19-12-17(16)10-15/h4-5,10,14,18-19H,1-3,6-9,11-13H2. The number of hydrogen-bond acceptors (Lipinski definition) is 3. The van der Waals surface area contributed by atoms with E-state index in [2.05, 4.69) is 28.8 Å². The Kier molecular flexibility index (Phi) is 5.06. The van der Waals surface area contributed by atoms with E-state index in [1.165, 1.54) is 36.0 Å². The maximum Gasteiger partial charge on any atom is 0.0494 e. The molecular formula is C17H26N2O. The molecule has 1 heterocycles. The third kappa shape index (κ3) is 4.30. The Morgan fingerprint density at radius 2 is 2.20 bits per heavy atom. The first-order valence-electron chi connectivity index (χ1n) is 8.02. The minimum atomic E-state index is 0.882. The lowest BCUT2D eigenvalue weighted by atomic mass is 9.98. The number of rotatable bonds is 8. The van der Waals surface area contributed by atoms with Crippen LogP contribution in [0.15, 0.2) is 18.2 Å². The average Bonchev–Trinajstić information content (AvgIpc) is 3.30. The SMILES string of the molecule is c1cc2c(cc1CNCCCOCC1CC1)CNCC2. The fourth-order valence-electron chi connectivity index (χ4n) is 2.71. The monoisotopic (exact) mass is 274 g/mol. The Labute approximate surface area is 122 Å². The summed E-state index contributed by atoms with van der Waals surface area (Å²) >= 11 is 0. The molecule has 1 saturated carbocycles. The van der Waals surface area contributed by atoms with Gasteiger partial charge in [0.1, 0.15) is 0 Å². The van der Waals surface area contributed by atoms with Crippen LogP contribution in [0.2, 0.25) is 0 Å². The van der Waals surface area contributed by atoms with Crippen molar-refractivity contribution in [3.8, 4) is 0 Å². The molecule has 3 rings (SSSR count). The Hall–Kier alpha value is -0.900. The zero-order chi connectivity index (χ0) is 13.6. The molecule has 1 aliphatic carbocycles. The summed E-state index contributed by atoms with van der Waals surface area (Å²) in [5.74, 6) is 0.882. The van der Waals surface area contributed by atoms with Crippen molar-refractivity contribution in [2.24, 2.45) is 5.92 Å². The molecule has 2 aliphatic rings. The van der Waals surface area contributed by atoms with Crippen molar-refractivity contribution in [3.63, 3.8) is 0 Å². The molecule has 0 bridgehead atoms. The molecule has 1 aromatic carbocycles. The van der Waals surface area contributed by atoms with E-state index in [9.17, 15) is 0 Å². The Morgan fingerprint density at radius 3 is 3.10 bits per heavy atom. The Morgan fingerprint density at radius 1 is 1.25 bits per heavy atom. The summed E-state index contributed by atoms with van der Waals surface area (Å²) in [5, 5.41) is 6.95.